The minimum atomic E-state index is 1.05. The number of rotatable bonds is 0. The van der Waals surface area contributed by atoms with Crippen molar-refractivity contribution in [3.8, 4) is 0 Å². The molecule has 2 aliphatic carbocycles. The van der Waals surface area contributed by atoms with Crippen molar-refractivity contribution < 1.29 is 0 Å². The summed E-state index contributed by atoms with van der Waals surface area (Å²) in [7, 11) is 0. The molecule has 0 saturated carbocycles. The molecule has 2 rings (SSSR count). The van der Waals surface area contributed by atoms with Gasteiger partial charge in [-0.2, -0.15) is 0 Å². The van der Waals surface area contributed by atoms with E-state index in [4.69, 9.17) is 0 Å². The van der Waals surface area contributed by atoms with Crippen LogP contribution < -0.4 is 0 Å². The summed E-state index contributed by atoms with van der Waals surface area (Å²) in [5.74, 6) is 0. The van der Waals surface area contributed by atoms with Crippen LogP contribution in [0.3, 0.4) is 0 Å². The maximum Gasteiger partial charge on any atom is -0.00882 e. The Hall–Kier alpha value is -1.82. The van der Waals surface area contributed by atoms with Crippen LogP contribution in [0.1, 0.15) is 6.42 Å². The zero-order valence-corrected chi connectivity index (χ0v) is 8.64. The summed E-state index contributed by atoms with van der Waals surface area (Å²) in [6.45, 7) is 0. The van der Waals surface area contributed by atoms with Crippen LogP contribution in [0.2, 0.25) is 0 Å². The standard InChI is InChI=1S/C15H14/c1-2-4-6-8-11-15-13-9-12-14(15)10-7-5-3-1/h1-12H,13H2/b2-1-,3-1?,4-2?,5-3-,6-4-,7-5?,8-6?,10-7-,11-8-,14-10?,15-11?. The summed E-state index contributed by atoms with van der Waals surface area (Å²) in [6.07, 6.45) is 26.1. The molecule has 0 radical (unpaired) electrons. The van der Waals surface area contributed by atoms with Gasteiger partial charge in [-0.25, -0.2) is 0 Å². The highest BCUT2D eigenvalue weighted by atomic mass is 14.1. The van der Waals surface area contributed by atoms with Crippen LogP contribution in [-0.4, -0.2) is 0 Å². The topological polar surface area (TPSA) is 0 Å². The minimum absolute atomic E-state index is 1.05. The third-order valence-electron chi connectivity index (χ3n) is 2.36. The van der Waals surface area contributed by atoms with Crippen molar-refractivity contribution in [2.45, 2.75) is 6.42 Å². The van der Waals surface area contributed by atoms with Gasteiger partial charge >= 0.3 is 0 Å². The molecule has 0 amide bonds. The van der Waals surface area contributed by atoms with Crippen molar-refractivity contribution in [1.29, 1.82) is 0 Å². The van der Waals surface area contributed by atoms with E-state index in [-0.39, 0.29) is 0 Å². The van der Waals surface area contributed by atoms with E-state index in [0.29, 0.717) is 0 Å². The van der Waals surface area contributed by atoms with Gasteiger partial charge in [0.25, 0.3) is 0 Å². The minimum Gasteiger partial charge on any atom is -0.0795 e. The first-order valence-corrected chi connectivity index (χ1v) is 5.21. The molecule has 2 aliphatic rings. The molecule has 0 N–H and O–H groups in total. The monoisotopic (exact) mass is 194 g/mol. The molecule has 0 atom stereocenters. The predicted octanol–water partition coefficient (Wildman–Crippen LogP) is 4.04. The summed E-state index contributed by atoms with van der Waals surface area (Å²) in [5.41, 5.74) is 2.70. The normalized spacial score (nSPS) is 29.9. The Labute approximate surface area is 91.0 Å². The van der Waals surface area contributed by atoms with Crippen LogP contribution in [0.25, 0.3) is 0 Å². The number of hydrogen-bond acceptors (Lipinski definition) is 0. The lowest BCUT2D eigenvalue weighted by Gasteiger charge is -1.95. The first kappa shape index (κ1) is 9.72. The molecular weight excluding hydrogens is 180 g/mol. The van der Waals surface area contributed by atoms with Crippen LogP contribution in [0, 0.1) is 0 Å². The van der Waals surface area contributed by atoms with Crippen LogP contribution in [0.15, 0.2) is 84.1 Å². The molecule has 0 fully saturated rings. The van der Waals surface area contributed by atoms with E-state index in [0.717, 1.165) is 6.42 Å². The van der Waals surface area contributed by atoms with E-state index < -0.39 is 0 Å². The van der Waals surface area contributed by atoms with Crippen molar-refractivity contribution in [3.63, 3.8) is 0 Å². The van der Waals surface area contributed by atoms with E-state index in [2.05, 4.69) is 42.5 Å². The highest BCUT2D eigenvalue weighted by molar-refractivity contribution is 5.47. The Kier molecular flexibility index (Phi) is 3.34. The average molecular weight is 194 g/mol. The first-order chi connectivity index (χ1) is 7.47. The molecular formula is C15H14. The maximum absolute atomic E-state index is 2.20. The molecule has 74 valence electrons. The van der Waals surface area contributed by atoms with Gasteiger partial charge in [0.05, 0.1) is 0 Å². The summed E-state index contributed by atoms with van der Waals surface area (Å²) in [4.78, 5) is 0. The molecule has 0 aromatic rings. The second-order valence-corrected chi connectivity index (χ2v) is 3.46. The van der Waals surface area contributed by atoms with Gasteiger partial charge in [-0.05, 0) is 17.6 Å². The molecule has 0 aromatic heterocycles. The lowest BCUT2D eigenvalue weighted by molar-refractivity contribution is 1.32. The van der Waals surface area contributed by atoms with Gasteiger partial charge in [0.1, 0.15) is 0 Å². The van der Waals surface area contributed by atoms with Crippen molar-refractivity contribution in [1.82, 2.24) is 0 Å². The lowest BCUT2D eigenvalue weighted by atomic mass is 10.1. The van der Waals surface area contributed by atoms with Crippen LogP contribution >= 0.6 is 0 Å². The lowest BCUT2D eigenvalue weighted by Crippen LogP contribution is -1.76. The van der Waals surface area contributed by atoms with E-state index in [1.807, 2.05) is 30.4 Å². The zero-order chi connectivity index (χ0) is 10.3. The van der Waals surface area contributed by atoms with Crippen molar-refractivity contribution in [2.75, 3.05) is 0 Å². The van der Waals surface area contributed by atoms with Crippen molar-refractivity contribution in [2.24, 2.45) is 0 Å². The third kappa shape index (κ3) is 2.81. The second-order valence-electron chi connectivity index (χ2n) is 3.46. The van der Waals surface area contributed by atoms with E-state index in [1.54, 1.807) is 0 Å². The van der Waals surface area contributed by atoms with Crippen LogP contribution in [-0.2, 0) is 0 Å². The molecule has 0 aromatic carbocycles. The Bertz CT molecular complexity index is 421. The highest BCUT2D eigenvalue weighted by Crippen LogP contribution is 2.21. The molecule has 0 saturated heterocycles. The highest BCUT2D eigenvalue weighted by Gasteiger charge is 2.01. The summed E-state index contributed by atoms with van der Waals surface area (Å²) in [6, 6.07) is 0. The Morgan fingerprint density at radius 3 is 1.93 bits per heavy atom. The van der Waals surface area contributed by atoms with Gasteiger partial charge in [-0.15, -0.1) is 0 Å². The quantitative estimate of drug-likeness (QED) is 0.546. The van der Waals surface area contributed by atoms with Gasteiger partial charge in [0.15, 0.2) is 0 Å². The zero-order valence-electron chi connectivity index (χ0n) is 8.64. The Balaban J connectivity index is 2.28. The molecule has 0 unspecified atom stereocenters. The van der Waals surface area contributed by atoms with Gasteiger partial charge in [-0.3, -0.25) is 0 Å². The molecule has 15 heavy (non-hydrogen) atoms. The average Bonchev–Trinajstić information content (AvgIpc) is 2.65. The van der Waals surface area contributed by atoms with Gasteiger partial charge in [0.2, 0.25) is 0 Å². The summed E-state index contributed by atoms with van der Waals surface area (Å²) < 4.78 is 0. The Morgan fingerprint density at radius 1 is 0.600 bits per heavy atom. The largest absolute Gasteiger partial charge is 0.0795 e. The summed E-state index contributed by atoms with van der Waals surface area (Å²) >= 11 is 0. The number of allylic oxidation sites excluding steroid dienone is 14. The predicted molar refractivity (Wildman–Crippen MR) is 66.5 cm³/mol. The van der Waals surface area contributed by atoms with E-state index >= 15 is 0 Å². The van der Waals surface area contributed by atoms with Gasteiger partial charge in [0, 0.05) is 0 Å². The van der Waals surface area contributed by atoms with Crippen molar-refractivity contribution >= 4 is 0 Å². The molecule has 0 nitrogen and oxygen atoms in total. The van der Waals surface area contributed by atoms with E-state index in [9.17, 15) is 0 Å². The number of hydrogen-bond donors (Lipinski definition) is 0. The SMILES string of the molecule is C1=CC2=C(\C=C/C=C\C=C/C=C\C=C/2)C1. The first-order valence-electron chi connectivity index (χ1n) is 5.21. The molecule has 0 heterocycles. The smallest absolute Gasteiger partial charge is 0.00882 e. The second kappa shape index (κ2) is 5.16. The Morgan fingerprint density at radius 2 is 1.20 bits per heavy atom. The molecule has 0 bridgehead atoms. The third-order valence-corrected chi connectivity index (χ3v) is 2.36. The molecule has 0 heteroatoms. The fourth-order valence-electron chi connectivity index (χ4n) is 1.58. The molecule has 0 aliphatic heterocycles. The fraction of sp³-hybridized carbons (Fsp3) is 0.0667. The van der Waals surface area contributed by atoms with Crippen LogP contribution in [0.4, 0.5) is 0 Å². The maximum atomic E-state index is 2.20. The molecule has 0 spiro atoms. The van der Waals surface area contributed by atoms with Gasteiger partial charge < -0.3 is 0 Å². The van der Waals surface area contributed by atoms with Crippen molar-refractivity contribution in [3.05, 3.63) is 84.1 Å². The van der Waals surface area contributed by atoms with Gasteiger partial charge in [-0.1, -0.05) is 72.9 Å². The van der Waals surface area contributed by atoms with Crippen LogP contribution in [0.5, 0.6) is 0 Å². The van der Waals surface area contributed by atoms with E-state index in [1.165, 1.54) is 11.1 Å². The fourth-order valence-corrected chi connectivity index (χ4v) is 1.58. The summed E-state index contributed by atoms with van der Waals surface area (Å²) in [5, 5.41) is 0.